The van der Waals surface area contributed by atoms with Crippen molar-refractivity contribution in [2.45, 2.75) is 61.3 Å². The van der Waals surface area contributed by atoms with Crippen LogP contribution < -0.4 is 4.74 Å². The number of hydrogen-bond acceptors (Lipinski definition) is 7. The number of esters is 1. The summed E-state index contributed by atoms with van der Waals surface area (Å²) in [5.41, 5.74) is -2.77. The van der Waals surface area contributed by atoms with E-state index in [1.54, 1.807) is 0 Å². The summed E-state index contributed by atoms with van der Waals surface area (Å²) in [7, 11) is -3.87. The first-order valence-electron chi connectivity index (χ1n) is 9.98. The number of carbonyl (C=O) groups is 2. The Morgan fingerprint density at radius 2 is 1.69 bits per heavy atom. The fourth-order valence-corrected chi connectivity index (χ4v) is 5.21. The first-order valence-corrected chi connectivity index (χ1v) is 11.5. The summed E-state index contributed by atoms with van der Waals surface area (Å²) in [4.78, 5) is 24.2. The molecule has 1 fully saturated rings. The lowest BCUT2D eigenvalue weighted by atomic mass is 10.2. The van der Waals surface area contributed by atoms with Gasteiger partial charge in [0.05, 0.1) is 22.8 Å². The minimum atomic E-state index is -5.27. The molecule has 2 rings (SSSR count). The highest BCUT2D eigenvalue weighted by atomic mass is 32.2. The average Bonchev–Trinajstić information content (AvgIpc) is 3.15. The Labute approximate surface area is 197 Å². The van der Waals surface area contributed by atoms with Gasteiger partial charge in [-0.2, -0.15) is 26.3 Å². The number of hydrogen-bond donors (Lipinski definition) is 0. The lowest BCUT2D eigenvalue weighted by Gasteiger charge is -2.27. The number of likely N-dealkylation sites (tertiary alicyclic amines) is 1. The number of benzene rings is 1. The van der Waals surface area contributed by atoms with E-state index in [0.717, 1.165) is 12.0 Å². The Morgan fingerprint density at radius 3 is 2.17 bits per heavy atom. The van der Waals surface area contributed by atoms with Crippen molar-refractivity contribution >= 4 is 21.9 Å². The molecule has 0 saturated carbocycles. The van der Waals surface area contributed by atoms with Crippen molar-refractivity contribution in [2.75, 3.05) is 20.3 Å². The zero-order valence-electron chi connectivity index (χ0n) is 19.0. The van der Waals surface area contributed by atoms with Crippen molar-refractivity contribution in [1.82, 2.24) is 4.90 Å². The summed E-state index contributed by atoms with van der Waals surface area (Å²) in [6, 6.07) is -0.158. The van der Waals surface area contributed by atoms with Crippen LogP contribution in [0.3, 0.4) is 0 Å². The number of carbonyl (C=O) groups excluding carboxylic acids is 2. The first-order chi connectivity index (χ1) is 15.8. The smallest absolute Gasteiger partial charge is 0.422 e. The second-order valence-corrected chi connectivity index (χ2v) is 10.8. The zero-order chi connectivity index (χ0) is 27.0. The maximum Gasteiger partial charge on any atom is 0.422 e. The monoisotopic (exact) mass is 535 g/mol. The van der Waals surface area contributed by atoms with Crippen LogP contribution in [0, 0.1) is 0 Å². The van der Waals surface area contributed by atoms with Gasteiger partial charge in [-0.1, -0.05) is 0 Å². The largest absolute Gasteiger partial charge is 0.484 e. The SMILES string of the molecule is COC(=O)C1CC(S(=O)(=O)c2ccc(OCC(F)(F)F)cc2C(F)(F)F)CN1C(=O)OC(C)(C)C. The van der Waals surface area contributed by atoms with Crippen LogP contribution in [-0.4, -0.2) is 68.7 Å². The van der Waals surface area contributed by atoms with Crippen molar-refractivity contribution < 1.29 is 58.6 Å². The van der Waals surface area contributed by atoms with E-state index < -0.39 is 86.9 Å². The molecule has 0 aliphatic carbocycles. The molecular weight excluding hydrogens is 512 g/mol. The normalized spacial score (nSPS) is 19.4. The molecule has 8 nitrogen and oxygen atoms in total. The molecule has 1 saturated heterocycles. The Morgan fingerprint density at radius 1 is 1.09 bits per heavy atom. The molecule has 0 spiro atoms. The molecule has 0 N–H and O–H groups in total. The van der Waals surface area contributed by atoms with Crippen molar-refractivity contribution in [3.63, 3.8) is 0 Å². The third kappa shape index (κ3) is 7.15. The summed E-state index contributed by atoms with van der Waals surface area (Å²) in [5.74, 6) is -1.84. The van der Waals surface area contributed by atoms with Gasteiger partial charge in [0.1, 0.15) is 17.4 Å². The van der Waals surface area contributed by atoms with Crippen molar-refractivity contribution in [1.29, 1.82) is 0 Å². The van der Waals surface area contributed by atoms with Gasteiger partial charge in [-0.15, -0.1) is 0 Å². The molecule has 1 aliphatic heterocycles. The van der Waals surface area contributed by atoms with Crippen LogP contribution in [0.25, 0.3) is 0 Å². The van der Waals surface area contributed by atoms with E-state index in [-0.39, 0.29) is 6.07 Å². The van der Waals surface area contributed by atoms with Crippen LogP contribution >= 0.6 is 0 Å². The molecule has 35 heavy (non-hydrogen) atoms. The molecule has 1 aromatic carbocycles. The predicted octanol–water partition coefficient (Wildman–Crippen LogP) is 3.97. The number of rotatable bonds is 5. The number of ether oxygens (including phenoxy) is 3. The maximum atomic E-state index is 13.7. The number of halogens is 6. The van der Waals surface area contributed by atoms with E-state index in [0.29, 0.717) is 12.1 Å². The minimum Gasteiger partial charge on any atom is -0.484 e. The average molecular weight is 535 g/mol. The van der Waals surface area contributed by atoms with Crippen molar-refractivity contribution in [2.24, 2.45) is 0 Å². The number of amides is 1. The van der Waals surface area contributed by atoms with Crippen molar-refractivity contribution in [3.05, 3.63) is 23.8 Å². The lowest BCUT2D eigenvalue weighted by molar-refractivity contribution is -0.153. The molecule has 0 bridgehead atoms. The van der Waals surface area contributed by atoms with E-state index in [1.807, 2.05) is 0 Å². The Balaban J connectivity index is 2.46. The molecule has 198 valence electrons. The topological polar surface area (TPSA) is 99.2 Å². The second-order valence-electron chi connectivity index (χ2n) is 8.63. The van der Waals surface area contributed by atoms with Crippen LogP contribution in [0.2, 0.25) is 0 Å². The molecule has 2 unspecified atom stereocenters. The van der Waals surface area contributed by atoms with Gasteiger partial charge in [0.15, 0.2) is 16.4 Å². The first kappa shape index (κ1) is 28.5. The highest BCUT2D eigenvalue weighted by molar-refractivity contribution is 7.92. The summed E-state index contributed by atoms with van der Waals surface area (Å²) >= 11 is 0. The highest BCUT2D eigenvalue weighted by Gasteiger charge is 2.49. The molecule has 1 aliphatic rings. The molecule has 1 aromatic rings. The van der Waals surface area contributed by atoms with E-state index in [4.69, 9.17) is 4.74 Å². The molecule has 2 atom stereocenters. The lowest BCUT2D eigenvalue weighted by Crippen LogP contribution is -2.44. The predicted molar refractivity (Wildman–Crippen MR) is 107 cm³/mol. The Bertz CT molecular complexity index is 1060. The Kier molecular flexibility index (Phi) is 7.94. The summed E-state index contributed by atoms with van der Waals surface area (Å²) in [6.45, 7) is 1.98. The molecular formula is C20H23F6NO7S. The third-order valence-electron chi connectivity index (χ3n) is 4.77. The van der Waals surface area contributed by atoms with Gasteiger partial charge in [0.25, 0.3) is 0 Å². The number of sulfone groups is 1. The molecule has 0 radical (unpaired) electrons. The molecule has 1 amide bonds. The van der Waals surface area contributed by atoms with Crippen molar-refractivity contribution in [3.8, 4) is 5.75 Å². The quantitative estimate of drug-likeness (QED) is 0.416. The highest BCUT2D eigenvalue weighted by Crippen LogP contribution is 2.40. The Hall–Kier alpha value is -2.71. The molecule has 0 aromatic heterocycles. The van der Waals surface area contributed by atoms with Crippen LogP contribution in [0.5, 0.6) is 5.75 Å². The van der Waals surface area contributed by atoms with Gasteiger partial charge >= 0.3 is 24.4 Å². The van der Waals surface area contributed by atoms with Gasteiger partial charge < -0.3 is 14.2 Å². The van der Waals surface area contributed by atoms with E-state index >= 15 is 0 Å². The van der Waals surface area contributed by atoms with Gasteiger partial charge in [-0.25, -0.2) is 18.0 Å². The fraction of sp³-hybridized carbons (Fsp3) is 0.600. The van der Waals surface area contributed by atoms with E-state index in [1.165, 1.54) is 20.8 Å². The number of nitrogens with zero attached hydrogens (tertiary/aromatic N) is 1. The molecule has 1 heterocycles. The summed E-state index contributed by atoms with van der Waals surface area (Å²) < 4.78 is 119. The van der Waals surface area contributed by atoms with Crippen LogP contribution in [0.1, 0.15) is 32.8 Å². The van der Waals surface area contributed by atoms with Crippen LogP contribution in [0.15, 0.2) is 23.1 Å². The summed E-state index contributed by atoms with van der Waals surface area (Å²) in [5, 5.41) is -1.66. The van der Waals surface area contributed by atoms with Gasteiger partial charge in [0.2, 0.25) is 0 Å². The van der Waals surface area contributed by atoms with Crippen LogP contribution in [-0.2, 0) is 30.3 Å². The number of methoxy groups -OCH3 is 1. The maximum absolute atomic E-state index is 13.7. The number of alkyl halides is 6. The minimum absolute atomic E-state index is 0.150. The van der Waals surface area contributed by atoms with E-state index in [2.05, 4.69) is 9.47 Å². The van der Waals surface area contributed by atoms with Crippen LogP contribution in [0.4, 0.5) is 31.1 Å². The summed E-state index contributed by atoms with van der Waals surface area (Å²) in [6.07, 6.45) is -11.8. The fourth-order valence-electron chi connectivity index (χ4n) is 3.32. The second kappa shape index (κ2) is 9.74. The third-order valence-corrected chi connectivity index (χ3v) is 6.96. The van der Waals surface area contributed by atoms with Gasteiger partial charge in [-0.05, 0) is 45.4 Å². The van der Waals surface area contributed by atoms with Gasteiger partial charge in [0, 0.05) is 6.54 Å². The van der Waals surface area contributed by atoms with E-state index in [9.17, 15) is 44.3 Å². The standard InChI is InChI=1S/C20H23F6NO7S/c1-18(2,3)34-17(29)27-9-12(8-14(27)16(28)32-4)35(30,31)15-6-5-11(33-10-19(21,22)23)7-13(15)20(24,25)26/h5-7,12,14H,8-10H2,1-4H3. The molecule has 15 heteroatoms. The van der Waals surface area contributed by atoms with Gasteiger partial charge in [-0.3, -0.25) is 4.90 Å². The zero-order valence-corrected chi connectivity index (χ0v) is 19.8.